The minimum atomic E-state index is -0.336. The molecule has 4 aromatic rings. The molecule has 0 bridgehead atoms. The Hall–Kier alpha value is -3.82. The zero-order valence-electron chi connectivity index (χ0n) is 21.8. The van der Waals surface area contributed by atoms with Gasteiger partial charge in [0.05, 0.1) is 28.8 Å². The van der Waals surface area contributed by atoms with Gasteiger partial charge in [0.2, 0.25) is 0 Å². The summed E-state index contributed by atoms with van der Waals surface area (Å²) in [5.41, 5.74) is 5.37. The number of pyridine rings is 2. The number of fused-ring (bicyclic) bond motifs is 2. The van der Waals surface area contributed by atoms with Gasteiger partial charge in [0, 0.05) is 44.1 Å². The van der Waals surface area contributed by atoms with E-state index in [0.717, 1.165) is 55.4 Å². The second-order valence-electron chi connectivity index (χ2n) is 9.33. The number of carbonyl (C=O) groups is 1. The van der Waals surface area contributed by atoms with E-state index in [2.05, 4.69) is 34.4 Å². The van der Waals surface area contributed by atoms with E-state index in [1.54, 1.807) is 12.4 Å². The maximum atomic E-state index is 13.6. The first-order valence-electron chi connectivity index (χ1n) is 13.2. The number of halogens is 1. The Morgan fingerprint density at radius 1 is 1.13 bits per heavy atom. The molecule has 1 amide bonds. The Morgan fingerprint density at radius 3 is 2.68 bits per heavy atom. The molecule has 0 atom stereocenters. The molecule has 3 aromatic heterocycles. The fourth-order valence-corrected chi connectivity index (χ4v) is 4.81. The molecule has 1 fully saturated rings. The van der Waals surface area contributed by atoms with Crippen molar-refractivity contribution in [3.63, 3.8) is 0 Å². The molecule has 1 aromatic carbocycles. The highest BCUT2D eigenvalue weighted by atomic mass is 19.1. The average Bonchev–Trinajstić information content (AvgIpc) is 3.71. The van der Waals surface area contributed by atoms with Crippen LogP contribution in [0.2, 0.25) is 0 Å². The van der Waals surface area contributed by atoms with Crippen molar-refractivity contribution < 1.29 is 13.9 Å². The van der Waals surface area contributed by atoms with E-state index in [0.29, 0.717) is 29.3 Å². The number of anilines is 2. The van der Waals surface area contributed by atoms with E-state index in [1.165, 1.54) is 25.0 Å². The van der Waals surface area contributed by atoms with Gasteiger partial charge in [-0.25, -0.2) is 14.4 Å². The van der Waals surface area contributed by atoms with E-state index in [1.807, 2.05) is 34.7 Å². The van der Waals surface area contributed by atoms with E-state index < -0.39 is 0 Å². The van der Waals surface area contributed by atoms with Gasteiger partial charge in [-0.3, -0.25) is 14.1 Å². The number of imidazole rings is 1. The Bertz CT molecular complexity index is 1420. The lowest BCUT2D eigenvalue weighted by atomic mass is 9.99. The average molecular weight is 517 g/mol. The molecule has 198 valence electrons. The van der Waals surface area contributed by atoms with Crippen molar-refractivity contribution in [3.05, 3.63) is 77.5 Å². The molecule has 9 heteroatoms. The number of carbonyl (C=O) groups excluding carboxylic acids is 1. The number of aromatic nitrogens is 3. The number of amides is 1. The van der Waals surface area contributed by atoms with Crippen LogP contribution in [-0.2, 0) is 17.8 Å². The first-order chi connectivity index (χ1) is 18.6. The van der Waals surface area contributed by atoms with Crippen LogP contribution in [0.25, 0.3) is 16.9 Å². The van der Waals surface area contributed by atoms with E-state index in [4.69, 9.17) is 9.72 Å². The van der Waals surface area contributed by atoms with Crippen molar-refractivity contribution in [2.75, 3.05) is 31.6 Å². The van der Waals surface area contributed by atoms with Crippen molar-refractivity contribution in [3.8, 4) is 11.3 Å². The summed E-state index contributed by atoms with van der Waals surface area (Å²) in [7, 11) is 0. The molecule has 0 unspecified atom stereocenters. The SMILES string of the molecule is C1CCOC1.CCN(CC)Cc1cccc(Nc2ccc(-c3cnc4cc(F)ccn34)c3c2C(=O)NC3)n1. The van der Waals surface area contributed by atoms with E-state index >= 15 is 0 Å². The van der Waals surface area contributed by atoms with Crippen LogP contribution in [0.1, 0.15) is 48.3 Å². The van der Waals surface area contributed by atoms with Gasteiger partial charge in [0.25, 0.3) is 5.91 Å². The normalized spacial score (nSPS) is 14.4. The van der Waals surface area contributed by atoms with Gasteiger partial charge in [-0.05, 0) is 55.8 Å². The predicted molar refractivity (Wildman–Crippen MR) is 146 cm³/mol. The molecular weight excluding hydrogens is 483 g/mol. The molecule has 2 N–H and O–H groups in total. The summed E-state index contributed by atoms with van der Waals surface area (Å²) in [6.45, 7) is 9.38. The monoisotopic (exact) mass is 516 g/mol. The van der Waals surface area contributed by atoms with Crippen molar-refractivity contribution in [1.29, 1.82) is 0 Å². The fraction of sp³-hybridized carbons (Fsp3) is 0.345. The number of rotatable bonds is 7. The highest BCUT2D eigenvalue weighted by Crippen LogP contribution is 2.35. The van der Waals surface area contributed by atoms with E-state index in [-0.39, 0.29) is 11.7 Å². The van der Waals surface area contributed by atoms with Crippen molar-refractivity contribution >= 4 is 23.1 Å². The molecule has 8 nitrogen and oxygen atoms in total. The van der Waals surface area contributed by atoms with Crippen LogP contribution in [0.4, 0.5) is 15.9 Å². The summed E-state index contributed by atoms with van der Waals surface area (Å²) in [4.78, 5) is 24.1. The predicted octanol–water partition coefficient (Wildman–Crippen LogP) is 5.16. The standard InChI is InChI=1S/C25H25FN6O.C4H8O/c1-3-31(4-2)15-17-6-5-7-22(29-17)30-20-9-8-18(19-13-28-25(33)24(19)20)21-14-27-23-12-16(26)10-11-32(21)23;1-2-4-5-3-1/h5-12,14H,3-4,13,15H2,1-2H3,(H,28,33)(H,29,30);1-4H2. The number of benzene rings is 1. The maximum Gasteiger partial charge on any atom is 0.254 e. The van der Waals surface area contributed by atoms with Gasteiger partial charge in [0.15, 0.2) is 0 Å². The summed E-state index contributed by atoms with van der Waals surface area (Å²) in [5, 5.41) is 6.27. The largest absolute Gasteiger partial charge is 0.381 e. The smallest absolute Gasteiger partial charge is 0.254 e. The summed E-state index contributed by atoms with van der Waals surface area (Å²) in [6, 6.07) is 12.5. The minimum absolute atomic E-state index is 0.131. The summed E-state index contributed by atoms with van der Waals surface area (Å²) < 4.78 is 20.4. The molecule has 0 spiro atoms. The molecule has 0 saturated carbocycles. The van der Waals surface area contributed by atoms with Crippen LogP contribution in [-0.4, -0.2) is 51.5 Å². The maximum absolute atomic E-state index is 13.6. The van der Waals surface area contributed by atoms with Crippen LogP contribution in [0.5, 0.6) is 0 Å². The quantitative estimate of drug-likeness (QED) is 0.353. The lowest BCUT2D eigenvalue weighted by Crippen LogP contribution is -2.22. The van der Waals surface area contributed by atoms with Crippen molar-refractivity contribution in [2.45, 2.75) is 39.8 Å². The molecule has 6 rings (SSSR count). The molecule has 0 aliphatic carbocycles. The summed E-state index contributed by atoms with van der Waals surface area (Å²) >= 11 is 0. The van der Waals surface area contributed by atoms with Gasteiger partial charge >= 0.3 is 0 Å². The number of nitrogens with one attached hydrogen (secondary N) is 2. The highest BCUT2D eigenvalue weighted by Gasteiger charge is 2.27. The molecule has 1 saturated heterocycles. The van der Waals surface area contributed by atoms with Gasteiger partial charge < -0.3 is 15.4 Å². The number of hydrogen-bond donors (Lipinski definition) is 2. The van der Waals surface area contributed by atoms with Crippen molar-refractivity contribution in [1.82, 2.24) is 24.6 Å². The third-order valence-electron chi connectivity index (χ3n) is 6.89. The highest BCUT2D eigenvalue weighted by molar-refractivity contribution is 6.06. The molecule has 2 aliphatic rings. The minimum Gasteiger partial charge on any atom is -0.381 e. The number of nitrogens with zero attached hydrogens (tertiary/aromatic N) is 4. The lowest BCUT2D eigenvalue weighted by molar-refractivity contribution is 0.0966. The number of hydrogen-bond acceptors (Lipinski definition) is 6. The third kappa shape index (κ3) is 5.54. The Labute approximate surface area is 221 Å². The van der Waals surface area contributed by atoms with Crippen LogP contribution < -0.4 is 10.6 Å². The van der Waals surface area contributed by atoms with Gasteiger partial charge in [-0.15, -0.1) is 0 Å². The fourth-order valence-electron chi connectivity index (χ4n) is 4.81. The summed E-state index contributed by atoms with van der Waals surface area (Å²) in [6.07, 6.45) is 5.92. The topological polar surface area (TPSA) is 83.8 Å². The van der Waals surface area contributed by atoms with Crippen LogP contribution in [0.15, 0.2) is 54.9 Å². The van der Waals surface area contributed by atoms with Gasteiger partial charge in [-0.1, -0.05) is 26.0 Å². The van der Waals surface area contributed by atoms with Gasteiger partial charge in [-0.2, -0.15) is 0 Å². The lowest BCUT2D eigenvalue weighted by Gasteiger charge is -2.18. The van der Waals surface area contributed by atoms with Gasteiger partial charge in [0.1, 0.15) is 17.3 Å². The second kappa shape index (κ2) is 11.7. The van der Waals surface area contributed by atoms with Crippen LogP contribution >= 0.6 is 0 Å². The Kier molecular flexibility index (Phi) is 7.95. The van der Waals surface area contributed by atoms with Crippen LogP contribution in [0, 0.1) is 5.82 Å². The molecule has 38 heavy (non-hydrogen) atoms. The molecule has 5 heterocycles. The second-order valence-corrected chi connectivity index (χ2v) is 9.33. The van der Waals surface area contributed by atoms with Crippen molar-refractivity contribution in [2.24, 2.45) is 0 Å². The zero-order valence-corrected chi connectivity index (χ0v) is 21.8. The molecular formula is C29H33FN6O2. The Balaban J connectivity index is 0.000000529. The zero-order chi connectivity index (χ0) is 26.5. The summed E-state index contributed by atoms with van der Waals surface area (Å²) in [5.74, 6) is 0.227. The van der Waals surface area contributed by atoms with E-state index in [9.17, 15) is 9.18 Å². The van der Waals surface area contributed by atoms with Crippen LogP contribution in [0.3, 0.4) is 0 Å². The molecule has 0 radical (unpaired) electrons. The molecule has 2 aliphatic heterocycles. The number of ether oxygens (including phenoxy) is 1. The third-order valence-corrected chi connectivity index (χ3v) is 6.89. The Morgan fingerprint density at radius 2 is 1.95 bits per heavy atom. The first kappa shape index (κ1) is 25.8. The first-order valence-corrected chi connectivity index (χ1v) is 13.2.